The fraction of sp³-hybridized carbons (Fsp3) is 0.188. The summed E-state index contributed by atoms with van der Waals surface area (Å²) in [6.45, 7) is 0. The third-order valence-electron chi connectivity index (χ3n) is 3.27. The first-order valence-electron chi connectivity index (χ1n) is 6.58. The number of nitrogens with two attached hydrogens (primary N) is 1. The van der Waals surface area contributed by atoms with Gasteiger partial charge in [0.2, 0.25) is 5.89 Å². The Morgan fingerprint density at radius 2 is 1.95 bits per heavy atom. The summed E-state index contributed by atoms with van der Waals surface area (Å²) < 4.78 is 18.6. The molecule has 0 amide bonds. The third-order valence-corrected chi connectivity index (χ3v) is 3.27. The van der Waals surface area contributed by atoms with Crippen LogP contribution in [0, 0.1) is 5.82 Å². The molecule has 0 aliphatic heterocycles. The van der Waals surface area contributed by atoms with E-state index in [0.29, 0.717) is 17.0 Å². The molecule has 0 fully saturated rings. The summed E-state index contributed by atoms with van der Waals surface area (Å²) in [6, 6.07) is 14.1. The molecule has 1 unspecified atom stereocenters. The minimum atomic E-state index is -0.335. The Balaban J connectivity index is 1.73. The zero-order valence-corrected chi connectivity index (χ0v) is 10.9. The molecule has 1 aromatic heterocycles. The number of hydrogen-bond acceptors (Lipinski definition) is 3. The van der Waals surface area contributed by atoms with E-state index in [4.69, 9.17) is 10.2 Å². The normalized spacial score (nSPS) is 12.7. The molecule has 2 aromatic carbocycles. The lowest BCUT2D eigenvalue weighted by Crippen LogP contribution is -2.11. The lowest BCUT2D eigenvalue weighted by molar-refractivity contribution is 0.458. The Bertz CT molecular complexity index is 709. The Labute approximate surface area is 116 Å². The first-order chi connectivity index (χ1) is 9.72. The first kappa shape index (κ1) is 12.8. The fourth-order valence-corrected chi connectivity index (χ4v) is 2.17. The minimum absolute atomic E-state index is 0.286. The Morgan fingerprint density at radius 3 is 2.75 bits per heavy atom. The molecule has 1 atom stereocenters. The number of benzene rings is 2. The summed E-state index contributed by atoms with van der Waals surface area (Å²) in [6.07, 6.45) is 1.59. The van der Waals surface area contributed by atoms with Crippen LogP contribution in [-0.2, 0) is 6.42 Å². The molecule has 0 saturated carbocycles. The van der Waals surface area contributed by atoms with E-state index in [-0.39, 0.29) is 11.9 Å². The average Bonchev–Trinajstić information content (AvgIpc) is 2.89. The first-order valence-corrected chi connectivity index (χ1v) is 6.58. The largest absolute Gasteiger partial charge is 0.439 e. The molecular weight excluding hydrogens is 255 g/mol. The summed E-state index contributed by atoms with van der Waals surface area (Å²) in [5.74, 6) is 0.125. The second kappa shape index (κ2) is 5.43. The molecule has 1 heterocycles. The number of aryl methyl sites for hydroxylation is 1. The zero-order chi connectivity index (χ0) is 13.9. The van der Waals surface area contributed by atoms with E-state index in [0.717, 1.165) is 12.8 Å². The fourth-order valence-electron chi connectivity index (χ4n) is 2.17. The molecular formula is C16H15FN2O. The number of rotatable bonds is 4. The van der Waals surface area contributed by atoms with Crippen molar-refractivity contribution in [2.45, 2.75) is 18.9 Å². The molecule has 2 N–H and O–H groups in total. The van der Waals surface area contributed by atoms with E-state index in [1.54, 1.807) is 6.07 Å². The molecule has 0 spiro atoms. The predicted octanol–water partition coefficient (Wildman–Crippen LogP) is 3.60. The van der Waals surface area contributed by atoms with Crippen LogP contribution in [0.4, 0.5) is 4.39 Å². The van der Waals surface area contributed by atoms with Gasteiger partial charge in [0, 0.05) is 6.07 Å². The van der Waals surface area contributed by atoms with Crippen molar-refractivity contribution in [1.29, 1.82) is 0 Å². The van der Waals surface area contributed by atoms with Crippen molar-refractivity contribution in [3.05, 3.63) is 65.8 Å². The molecule has 102 valence electrons. The van der Waals surface area contributed by atoms with Gasteiger partial charge in [0.25, 0.3) is 0 Å². The highest BCUT2D eigenvalue weighted by Gasteiger charge is 2.14. The number of oxazole rings is 1. The maximum absolute atomic E-state index is 13.1. The highest BCUT2D eigenvalue weighted by Crippen LogP contribution is 2.22. The van der Waals surface area contributed by atoms with E-state index in [9.17, 15) is 4.39 Å². The van der Waals surface area contributed by atoms with Crippen LogP contribution in [0.15, 0.2) is 52.9 Å². The van der Waals surface area contributed by atoms with Crippen molar-refractivity contribution >= 4 is 11.1 Å². The lowest BCUT2D eigenvalue weighted by atomic mass is 10.1. The molecule has 0 aliphatic rings. The molecule has 0 radical (unpaired) electrons. The second-order valence-corrected chi connectivity index (χ2v) is 4.79. The summed E-state index contributed by atoms with van der Waals surface area (Å²) in [7, 11) is 0. The van der Waals surface area contributed by atoms with Gasteiger partial charge < -0.3 is 10.2 Å². The maximum atomic E-state index is 13.1. The van der Waals surface area contributed by atoms with Gasteiger partial charge in [-0.3, -0.25) is 0 Å². The molecule has 0 saturated heterocycles. The van der Waals surface area contributed by atoms with Crippen molar-refractivity contribution in [3.63, 3.8) is 0 Å². The Kier molecular flexibility index (Phi) is 3.48. The van der Waals surface area contributed by atoms with E-state index < -0.39 is 0 Å². The van der Waals surface area contributed by atoms with Gasteiger partial charge >= 0.3 is 0 Å². The molecule has 4 heteroatoms. The summed E-state index contributed by atoms with van der Waals surface area (Å²) in [4.78, 5) is 4.31. The number of halogens is 1. The van der Waals surface area contributed by atoms with E-state index >= 15 is 0 Å². The summed E-state index contributed by atoms with van der Waals surface area (Å²) >= 11 is 0. The van der Waals surface area contributed by atoms with Crippen molar-refractivity contribution in [2.24, 2.45) is 5.73 Å². The Hall–Kier alpha value is -2.20. The molecule has 3 rings (SSSR count). The van der Waals surface area contributed by atoms with E-state index in [2.05, 4.69) is 17.1 Å². The van der Waals surface area contributed by atoms with Crippen LogP contribution in [-0.4, -0.2) is 4.98 Å². The van der Waals surface area contributed by atoms with Gasteiger partial charge in [-0.05, 0) is 30.5 Å². The van der Waals surface area contributed by atoms with Gasteiger partial charge in [0.15, 0.2) is 5.58 Å². The minimum Gasteiger partial charge on any atom is -0.439 e. The van der Waals surface area contributed by atoms with Crippen LogP contribution in [0.25, 0.3) is 11.1 Å². The standard InChI is InChI=1S/C16H15FN2O/c17-12-7-9-14-15(10-12)20-16(19-14)13(18)8-6-11-4-2-1-3-5-11/h1-5,7,9-10,13H,6,8,18H2. The van der Waals surface area contributed by atoms with E-state index in [1.807, 2.05) is 18.2 Å². The lowest BCUT2D eigenvalue weighted by Gasteiger charge is -2.07. The van der Waals surface area contributed by atoms with Crippen molar-refractivity contribution in [3.8, 4) is 0 Å². The second-order valence-electron chi connectivity index (χ2n) is 4.79. The number of fused-ring (bicyclic) bond motifs is 1. The molecule has 0 bridgehead atoms. The SMILES string of the molecule is NC(CCc1ccccc1)c1nc2ccc(F)cc2o1. The van der Waals surface area contributed by atoms with Gasteiger partial charge in [0.1, 0.15) is 11.3 Å². The third kappa shape index (κ3) is 2.70. The number of nitrogens with zero attached hydrogens (tertiary/aromatic N) is 1. The van der Waals surface area contributed by atoms with Crippen molar-refractivity contribution < 1.29 is 8.81 Å². The molecule has 0 aliphatic carbocycles. The topological polar surface area (TPSA) is 52.0 Å². The van der Waals surface area contributed by atoms with Gasteiger partial charge in [-0.25, -0.2) is 9.37 Å². The monoisotopic (exact) mass is 270 g/mol. The van der Waals surface area contributed by atoms with Crippen LogP contribution in [0.1, 0.15) is 23.9 Å². The average molecular weight is 270 g/mol. The summed E-state index contributed by atoms with van der Waals surface area (Å²) in [5.41, 5.74) is 8.40. The smallest absolute Gasteiger partial charge is 0.212 e. The van der Waals surface area contributed by atoms with Gasteiger partial charge in [-0.2, -0.15) is 0 Å². The van der Waals surface area contributed by atoms with Crippen LogP contribution >= 0.6 is 0 Å². The van der Waals surface area contributed by atoms with Gasteiger partial charge in [-0.15, -0.1) is 0 Å². The van der Waals surface area contributed by atoms with Crippen LogP contribution in [0.2, 0.25) is 0 Å². The Morgan fingerprint density at radius 1 is 1.15 bits per heavy atom. The van der Waals surface area contributed by atoms with E-state index in [1.165, 1.54) is 17.7 Å². The highest BCUT2D eigenvalue weighted by molar-refractivity contribution is 5.72. The molecule has 20 heavy (non-hydrogen) atoms. The van der Waals surface area contributed by atoms with Gasteiger partial charge in [0.05, 0.1) is 6.04 Å². The highest BCUT2D eigenvalue weighted by atomic mass is 19.1. The van der Waals surface area contributed by atoms with Crippen molar-refractivity contribution in [2.75, 3.05) is 0 Å². The number of aromatic nitrogens is 1. The maximum Gasteiger partial charge on any atom is 0.212 e. The number of hydrogen-bond donors (Lipinski definition) is 1. The quantitative estimate of drug-likeness (QED) is 0.788. The molecule has 3 aromatic rings. The molecule has 3 nitrogen and oxygen atoms in total. The van der Waals surface area contributed by atoms with Gasteiger partial charge in [-0.1, -0.05) is 30.3 Å². The van der Waals surface area contributed by atoms with Crippen LogP contribution in [0.5, 0.6) is 0 Å². The predicted molar refractivity (Wildman–Crippen MR) is 75.7 cm³/mol. The van der Waals surface area contributed by atoms with Crippen molar-refractivity contribution in [1.82, 2.24) is 4.98 Å². The van der Waals surface area contributed by atoms with Crippen LogP contribution < -0.4 is 5.73 Å². The van der Waals surface area contributed by atoms with Crippen LogP contribution in [0.3, 0.4) is 0 Å². The summed E-state index contributed by atoms with van der Waals surface area (Å²) in [5, 5.41) is 0. The zero-order valence-electron chi connectivity index (χ0n) is 10.9.